The molecule has 0 unspecified atom stereocenters. The van der Waals surface area contributed by atoms with E-state index in [1.165, 1.54) is 0 Å². The summed E-state index contributed by atoms with van der Waals surface area (Å²) in [5, 5.41) is 0. The molecule has 0 radical (unpaired) electrons. The molecule has 2 aromatic rings. The van der Waals surface area contributed by atoms with Crippen LogP contribution in [0, 0.1) is 0 Å². The number of amides is 1. The molecule has 3 rings (SSSR count). The van der Waals surface area contributed by atoms with E-state index >= 15 is 0 Å². The number of hydrogen-bond donors (Lipinski definition) is 0. The quantitative estimate of drug-likeness (QED) is 0.484. The Morgan fingerprint density at radius 3 is 2.42 bits per heavy atom. The van der Waals surface area contributed by atoms with Gasteiger partial charge >= 0.3 is 0 Å². The Balaban J connectivity index is 1.79. The van der Waals surface area contributed by atoms with E-state index in [9.17, 15) is 4.79 Å². The molecular weight excluding hydrogens is 424 g/mol. The summed E-state index contributed by atoms with van der Waals surface area (Å²) in [6, 6.07) is 15.3. The lowest BCUT2D eigenvalue weighted by Gasteiger charge is -2.33. The lowest BCUT2D eigenvalue weighted by molar-refractivity contribution is -0.143. The smallest absolute Gasteiger partial charge is 0.265 e. The molecule has 0 N–H and O–H groups in total. The van der Waals surface area contributed by atoms with Crippen molar-refractivity contribution in [2.24, 2.45) is 0 Å². The van der Waals surface area contributed by atoms with Crippen LogP contribution in [0.25, 0.3) is 0 Å². The molecule has 1 heterocycles. The molecule has 0 spiro atoms. The van der Waals surface area contributed by atoms with E-state index in [0.29, 0.717) is 69.8 Å². The Bertz CT molecular complexity index is 857. The van der Waals surface area contributed by atoms with Gasteiger partial charge in [-0.25, -0.2) is 0 Å². The van der Waals surface area contributed by atoms with Crippen molar-refractivity contribution in [2.75, 3.05) is 67.3 Å². The Kier molecular flexibility index (Phi) is 9.80. The van der Waals surface area contributed by atoms with Crippen molar-refractivity contribution in [1.29, 1.82) is 0 Å². The number of hydrogen-bond acceptors (Lipinski definition) is 7. The molecule has 0 aliphatic carbocycles. The van der Waals surface area contributed by atoms with Gasteiger partial charge in [0.1, 0.15) is 5.75 Å². The van der Waals surface area contributed by atoms with Gasteiger partial charge in [-0.15, -0.1) is 0 Å². The number of carbonyl (C=O) groups is 1. The number of ether oxygens (including phenoxy) is 5. The van der Waals surface area contributed by atoms with Gasteiger partial charge in [0, 0.05) is 39.8 Å². The van der Waals surface area contributed by atoms with Gasteiger partial charge in [-0.2, -0.15) is 0 Å². The van der Waals surface area contributed by atoms with Crippen molar-refractivity contribution in [2.45, 2.75) is 12.6 Å². The summed E-state index contributed by atoms with van der Waals surface area (Å²) in [6.45, 7) is 4.44. The molecule has 1 aliphatic heterocycles. The molecule has 2 aromatic carbocycles. The zero-order valence-corrected chi connectivity index (χ0v) is 19.7. The van der Waals surface area contributed by atoms with E-state index in [-0.39, 0.29) is 5.91 Å². The first-order valence-corrected chi connectivity index (χ1v) is 11.1. The summed E-state index contributed by atoms with van der Waals surface area (Å²) < 4.78 is 27.8. The number of benzene rings is 2. The van der Waals surface area contributed by atoms with Crippen LogP contribution in [0.5, 0.6) is 17.2 Å². The summed E-state index contributed by atoms with van der Waals surface area (Å²) >= 11 is 0. The fraction of sp³-hybridized carbons (Fsp3) is 0.480. The van der Waals surface area contributed by atoms with Gasteiger partial charge in [-0.3, -0.25) is 9.69 Å². The molecule has 0 saturated carbocycles. The van der Waals surface area contributed by atoms with Crippen molar-refractivity contribution in [3.8, 4) is 17.2 Å². The van der Waals surface area contributed by atoms with Crippen LogP contribution in [0.2, 0.25) is 0 Å². The normalized spacial score (nSPS) is 14.7. The Morgan fingerprint density at radius 2 is 1.76 bits per heavy atom. The number of methoxy groups -OCH3 is 3. The first-order chi connectivity index (χ1) is 16.1. The molecule has 1 amide bonds. The van der Waals surface area contributed by atoms with Gasteiger partial charge in [0.2, 0.25) is 0 Å². The van der Waals surface area contributed by atoms with Crippen LogP contribution in [-0.4, -0.2) is 89.1 Å². The van der Waals surface area contributed by atoms with Crippen LogP contribution >= 0.6 is 0 Å². The molecule has 1 saturated heterocycles. The maximum Gasteiger partial charge on any atom is 0.265 e. The van der Waals surface area contributed by atoms with Crippen LogP contribution in [0.15, 0.2) is 48.5 Å². The highest BCUT2D eigenvalue weighted by molar-refractivity contribution is 5.81. The minimum atomic E-state index is -0.650. The van der Waals surface area contributed by atoms with Crippen LogP contribution in [0.3, 0.4) is 0 Å². The second kappa shape index (κ2) is 13.0. The lowest BCUT2D eigenvalue weighted by Crippen LogP contribution is -2.51. The van der Waals surface area contributed by atoms with Crippen molar-refractivity contribution in [3.05, 3.63) is 54.1 Å². The van der Waals surface area contributed by atoms with Gasteiger partial charge in [-0.1, -0.05) is 24.3 Å². The Morgan fingerprint density at radius 1 is 1.03 bits per heavy atom. The zero-order chi connectivity index (χ0) is 23.5. The van der Waals surface area contributed by atoms with Gasteiger partial charge < -0.3 is 28.6 Å². The molecule has 1 atom stereocenters. The summed E-state index contributed by atoms with van der Waals surface area (Å²) in [6.07, 6.45) is -0.650. The molecule has 8 nitrogen and oxygen atoms in total. The third-order valence-corrected chi connectivity index (χ3v) is 5.51. The highest BCUT2D eigenvalue weighted by atomic mass is 16.5. The molecule has 0 bridgehead atoms. The zero-order valence-electron chi connectivity index (χ0n) is 19.7. The molecule has 1 fully saturated rings. The maximum atomic E-state index is 13.4. The second-order valence-electron chi connectivity index (χ2n) is 7.77. The topological polar surface area (TPSA) is 69.7 Å². The van der Waals surface area contributed by atoms with Crippen LogP contribution in [-0.2, 0) is 20.8 Å². The molecule has 180 valence electrons. The van der Waals surface area contributed by atoms with Gasteiger partial charge in [0.25, 0.3) is 5.91 Å². The number of para-hydroxylation sites is 1. The first kappa shape index (κ1) is 24.8. The van der Waals surface area contributed by atoms with E-state index in [4.69, 9.17) is 23.7 Å². The van der Waals surface area contributed by atoms with E-state index in [0.717, 1.165) is 5.56 Å². The molecule has 1 aliphatic rings. The summed E-state index contributed by atoms with van der Waals surface area (Å²) in [5.74, 6) is 1.99. The van der Waals surface area contributed by atoms with Gasteiger partial charge in [0.15, 0.2) is 17.6 Å². The predicted molar refractivity (Wildman–Crippen MR) is 125 cm³/mol. The van der Waals surface area contributed by atoms with Crippen LogP contribution < -0.4 is 14.2 Å². The van der Waals surface area contributed by atoms with Crippen molar-refractivity contribution < 1.29 is 28.5 Å². The van der Waals surface area contributed by atoms with E-state index in [1.54, 1.807) is 21.3 Å². The van der Waals surface area contributed by atoms with E-state index < -0.39 is 6.10 Å². The largest absolute Gasteiger partial charge is 0.493 e. The van der Waals surface area contributed by atoms with E-state index in [2.05, 4.69) is 4.90 Å². The lowest BCUT2D eigenvalue weighted by atomic mass is 10.1. The van der Waals surface area contributed by atoms with Crippen LogP contribution in [0.4, 0.5) is 0 Å². The third kappa shape index (κ3) is 7.35. The fourth-order valence-corrected chi connectivity index (χ4v) is 3.74. The van der Waals surface area contributed by atoms with Crippen molar-refractivity contribution in [1.82, 2.24) is 9.80 Å². The number of nitrogens with zero attached hydrogens (tertiary/aromatic N) is 2. The minimum Gasteiger partial charge on any atom is -0.493 e. The first-order valence-electron chi connectivity index (χ1n) is 11.1. The molecular formula is C25H34N2O6. The summed E-state index contributed by atoms with van der Waals surface area (Å²) in [4.78, 5) is 17.4. The van der Waals surface area contributed by atoms with E-state index in [1.807, 2.05) is 53.4 Å². The molecule has 0 aromatic heterocycles. The monoisotopic (exact) mass is 458 g/mol. The predicted octanol–water partition coefficient (Wildman–Crippen LogP) is 2.46. The summed E-state index contributed by atoms with van der Waals surface area (Å²) in [7, 11) is 4.91. The van der Waals surface area contributed by atoms with Crippen molar-refractivity contribution in [3.63, 3.8) is 0 Å². The Hall–Kier alpha value is -2.81. The second-order valence-corrected chi connectivity index (χ2v) is 7.77. The molecule has 33 heavy (non-hydrogen) atoms. The number of rotatable bonds is 12. The highest BCUT2D eigenvalue weighted by Crippen LogP contribution is 2.28. The minimum absolute atomic E-state index is 0.0307. The van der Waals surface area contributed by atoms with Gasteiger partial charge in [0.05, 0.1) is 34.0 Å². The third-order valence-electron chi connectivity index (χ3n) is 5.51. The standard InChI is InChI=1S/C25H34N2O6/c1-29-14-11-26(18-20-9-10-22(30-2)23(17-20)31-3)19-24(33-21-7-5-4-6-8-21)25(28)27-12-15-32-16-13-27/h4-10,17,24H,11-16,18-19H2,1-3H3/t24-/m1/s1. The number of carbonyl (C=O) groups excluding carboxylic acids is 1. The Labute approximate surface area is 195 Å². The van der Waals surface area contributed by atoms with Gasteiger partial charge in [-0.05, 0) is 29.8 Å². The molecule has 8 heteroatoms. The maximum absolute atomic E-state index is 13.4. The highest BCUT2D eigenvalue weighted by Gasteiger charge is 2.29. The summed E-state index contributed by atoms with van der Waals surface area (Å²) in [5.41, 5.74) is 1.04. The average molecular weight is 459 g/mol. The van der Waals surface area contributed by atoms with Crippen LogP contribution in [0.1, 0.15) is 5.56 Å². The SMILES string of the molecule is COCCN(Cc1ccc(OC)c(OC)c1)C[C@@H](Oc1ccccc1)C(=O)N1CCOCC1. The van der Waals surface area contributed by atoms with Crippen molar-refractivity contribution >= 4 is 5.91 Å². The average Bonchev–Trinajstić information content (AvgIpc) is 2.87. The number of morpholine rings is 1. The fourth-order valence-electron chi connectivity index (χ4n) is 3.74.